The van der Waals surface area contributed by atoms with Crippen molar-refractivity contribution in [1.29, 1.82) is 0 Å². The minimum atomic E-state index is -4.29. The third kappa shape index (κ3) is 6.26. The summed E-state index contributed by atoms with van der Waals surface area (Å²) in [5, 5.41) is 21.7. The summed E-state index contributed by atoms with van der Waals surface area (Å²) in [6, 6.07) is 16.7. The number of hydrogen-bond acceptors (Lipinski definition) is 7. The maximum absolute atomic E-state index is 12.9. The maximum Gasteiger partial charge on any atom is 0.306 e. The molecule has 3 N–H and O–H groups in total. The Morgan fingerprint density at radius 1 is 1.14 bits per heavy atom. The molecule has 12 nitrogen and oxygen atoms in total. The van der Waals surface area contributed by atoms with Crippen LogP contribution in [0, 0.1) is 0 Å². The number of primary sulfonamides is 1. The molecule has 1 aliphatic rings. The van der Waals surface area contributed by atoms with E-state index < -0.39 is 25.8 Å². The Morgan fingerprint density at radius 3 is 2.44 bits per heavy atom. The Bertz CT molecular complexity index is 1500. The fourth-order valence-electron chi connectivity index (χ4n) is 3.54. The number of guanidine groups is 1. The first-order chi connectivity index (χ1) is 17.0. The lowest BCUT2D eigenvalue weighted by Gasteiger charge is -2.19. The monoisotopic (exact) mass is 550 g/mol. The van der Waals surface area contributed by atoms with Gasteiger partial charge in [0.15, 0.2) is 0 Å². The number of hydrazone groups is 1. The van der Waals surface area contributed by atoms with Gasteiger partial charge in [0.05, 0.1) is 24.2 Å². The number of nitrogens with zero attached hydrogens (tertiary/aromatic N) is 6. The van der Waals surface area contributed by atoms with Crippen LogP contribution in [0.2, 0.25) is 5.02 Å². The summed E-state index contributed by atoms with van der Waals surface area (Å²) < 4.78 is 52.7. The van der Waals surface area contributed by atoms with Crippen LogP contribution in [0.3, 0.4) is 0 Å². The SMILES string of the molecule is Cn1ncc(S(=O)(=O)N=C(NCCS(N)(=O)=O)N2C[C@@H](c3ccccc3)C(c3ccc(Cl)cc3)=N2)n1. The molecular weight excluding hydrogens is 528 g/mol. The van der Waals surface area contributed by atoms with E-state index in [4.69, 9.17) is 16.7 Å². The zero-order valence-electron chi connectivity index (χ0n) is 19.1. The van der Waals surface area contributed by atoms with E-state index in [0.717, 1.165) is 22.1 Å². The van der Waals surface area contributed by atoms with Gasteiger partial charge in [-0.15, -0.1) is 9.50 Å². The molecule has 3 aromatic rings. The fourth-order valence-corrected chi connectivity index (χ4v) is 4.94. The lowest BCUT2D eigenvalue weighted by molar-refractivity contribution is 0.456. The molecule has 0 fully saturated rings. The van der Waals surface area contributed by atoms with Crippen molar-refractivity contribution >= 4 is 43.3 Å². The Kier molecular flexibility index (Phi) is 7.40. The summed E-state index contributed by atoms with van der Waals surface area (Å²) in [4.78, 5) is 1.09. The van der Waals surface area contributed by atoms with E-state index in [1.54, 1.807) is 12.1 Å². The number of rotatable bonds is 7. The number of aromatic nitrogens is 3. The van der Waals surface area contributed by atoms with Gasteiger partial charge in [-0.25, -0.2) is 18.6 Å². The molecule has 2 aromatic carbocycles. The molecule has 0 saturated carbocycles. The number of sulfonamides is 2. The first-order valence-electron chi connectivity index (χ1n) is 10.6. The van der Waals surface area contributed by atoms with Gasteiger partial charge in [-0.05, 0) is 23.3 Å². The van der Waals surface area contributed by atoms with Crippen LogP contribution in [0.15, 0.2) is 75.3 Å². The molecule has 0 aliphatic carbocycles. The molecule has 36 heavy (non-hydrogen) atoms. The van der Waals surface area contributed by atoms with E-state index in [9.17, 15) is 16.8 Å². The van der Waals surface area contributed by atoms with Crippen LogP contribution in [-0.2, 0) is 27.1 Å². The molecule has 1 atom stereocenters. The van der Waals surface area contributed by atoms with Crippen LogP contribution in [0.4, 0.5) is 0 Å². The van der Waals surface area contributed by atoms with Crippen LogP contribution in [0.1, 0.15) is 17.0 Å². The largest absolute Gasteiger partial charge is 0.353 e. The normalized spacial score (nSPS) is 16.8. The number of hydrogen-bond donors (Lipinski definition) is 2. The Hall–Kier alpha value is -3.33. The second-order valence-electron chi connectivity index (χ2n) is 7.89. The van der Waals surface area contributed by atoms with Crippen LogP contribution >= 0.6 is 11.6 Å². The lowest BCUT2D eigenvalue weighted by Crippen LogP contribution is -2.41. The second kappa shape index (κ2) is 10.3. The van der Waals surface area contributed by atoms with E-state index in [1.807, 2.05) is 42.5 Å². The number of nitrogens with two attached hydrogens (primary N) is 1. The summed E-state index contributed by atoms with van der Waals surface area (Å²) in [5.41, 5.74) is 2.40. The van der Waals surface area contributed by atoms with Crippen molar-refractivity contribution in [2.45, 2.75) is 10.9 Å². The lowest BCUT2D eigenvalue weighted by atomic mass is 9.91. The zero-order chi connectivity index (χ0) is 25.9. The van der Waals surface area contributed by atoms with Gasteiger partial charge in [-0.2, -0.15) is 23.4 Å². The number of halogens is 1. The summed E-state index contributed by atoms with van der Waals surface area (Å²) in [6.45, 7) is 0.0468. The highest BCUT2D eigenvalue weighted by Gasteiger charge is 2.33. The van der Waals surface area contributed by atoms with E-state index in [1.165, 1.54) is 12.1 Å². The third-order valence-electron chi connectivity index (χ3n) is 5.22. The van der Waals surface area contributed by atoms with Gasteiger partial charge in [0.1, 0.15) is 0 Å². The Labute approximate surface area is 213 Å². The molecule has 0 unspecified atom stereocenters. The number of nitrogens with one attached hydrogen (secondary N) is 1. The van der Waals surface area contributed by atoms with Gasteiger partial charge in [0.25, 0.3) is 0 Å². The van der Waals surface area contributed by atoms with Gasteiger partial charge in [0, 0.05) is 24.5 Å². The molecule has 0 saturated heterocycles. The average Bonchev–Trinajstić information content (AvgIpc) is 3.46. The zero-order valence-corrected chi connectivity index (χ0v) is 21.4. The highest BCUT2D eigenvalue weighted by atomic mass is 35.5. The van der Waals surface area contributed by atoms with Crippen molar-refractivity contribution in [2.24, 2.45) is 21.7 Å². The predicted octanol–water partition coefficient (Wildman–Crippen LogP) is 0.895. The molecule has 0 spiro atoms. The van der Waals surface area contributed by atoms with E-state index in [2.05, 4.69) is 25.0 Å². The molecule has 2 heterocycles. The smallest absolute Gasteiger partial charge is 0.306 e. The predicted molar refractivity (Wildman–Crippen MR) is 135 cm³/mol. The third-order valence-corrected chi connectivity index (χ3v) is 7.37. The van der Waals surface area contributed by atoms with Crippen LogP contribution in [0.25, 0.3) is 0 Å². The number of aryl methyl sites for hydroxylation is 1. The van der Waals surface area contributed by atoms with E-state index in [-0.39, 0.29) is 30.0 Å². The molecule has 1 aromatic heterocycles. The minimum absolute atomic E-state index is 0.172. The first kappa shape index (κ1) is 25.8. The number of benzene rings is 2. The molecule has 0 amide bonds. The average molecular weight is 551 g/mol. The van der Waals surface area contributed by atoms with Gasteiger partial charge < -0.3 is 5.32 Å². The summed E-state index contributed by atoms with van der Waals surface area (Å²) in [7, 11) is -6.62. The summed E-state index contributed by atoms with van der Waals surface area (Å²) in [6.07, 6.45) is 1.07. The topological polar surface area (TPSA) is 165 Å². The molecular formula is C21H23ClN8O4S2. The van der Waals surface area contributed by atoms with E-state index in [0.29, 0.717) is 10.7 Å². The molecule has 15 heteroatoms. The van der Waals surface area contributed by atoms with Crippen LogP contribution in [-0.4, -0.2) is 67.4 Å². The van der Waals surface area contributed by atoms with Gasteiger partial charge in [0.2, 0.25) is 21.0 Å². The van der Waals surface area contributed by atoms with Crippen LogP contribution < -0.4 is 10.5 Å². The Morgan fingerprint density at radius 2 is 1.83 bits per heavy atom. The van der Waals surface area contributed by atoms with Crippen molar-refractivity contribution in [3.63, 3.8) is 0 Å². The van der Waals surface area contributed by atoms with Crippen molar-refractivity contribution < 1.29 is 16.8 Å². The van der Waals surface area contributed by atoms with Crippen molar-refractivity contribution in [3.05, 3.63) is 76.9 Å². The Balaban J connectivity index is 1.75. The molecule has 190 valence electrons. The summed E-state index contributed by atoms with van der Waals surface area (Å²) >= 11 is 6.06. The standard InChI is InChI=1S/C21H23ClN8O4S2/c1-29-25-13-19(26-29)36(33,34)28-21(24-11-12-35(23,31)32)30-14-18(15-5-3-2-4-6-15)20(27-30)16-7-9-17(22)10-8-16/h2-10,13,18H,11-12,14H2,1H3,(H,24,28)(H2,23,31,32)/t18-/m0/s1. The summed E-state index contributed by atoms with van der Waals surface area (Å²) in [5.74, 6) is -0.855. The van der Waals surface area contributed by atoms with Crippen molar-refractivity contribution in [3.8, 4) is 0 Å². The highest BCUT2D eigenvalue weighted by Crippen LogP contribution is 2.29. The highest BCUT2D eigenvalue weighted by molar-refractivity contribution is 7.90. The van der Waals surface area contributed by atoms with Gasteiger partial charge in [-0.3, -0.25) is 0 Å². The van der Waals surface area contributed by atoms with Crippen molar-refractivity contribution in [2.75, 3.05) is 18.8 Å². The van der Waals surface area contributed by atoms with Gasteiger partial charge in [-0.1, -0.05) is 54.1 Å². The van der Waals surface area contributed by atoms with Crippen molar-refractivity contribution in [1.82, 2.24) is 25.3 Å². The minimum Gasteiger partial charge on any atom is -0.353 e. The quantitative estimate of drug-likeness (QED) is 0.323. The molecule has 0 radical (unpaired) electrons. The molecule has 4 rings (SSSR count). The van der Waals surface area contributed by atoms with E-state index >= 15 is 0 Å². The maximum atomic E-state index is 12.9. The second-order valence-corrected chi connectivity index (χ2v) is 11.6. The molecule has 0 bridgehead atoms. The fraction of sp³-hybridized carbons (Fsp3) is 0.238. The van der Waals surface area contributed by atoms with Crippen LogP contribution in [0.5, 0.6) is 0 Å². The van der Waals surface area contributed by atoms with Gasteiger partial charge >= 0.3 is 10.0 Å². The first-order valence-corrected chi connectivity index (χ1v) is 14.2. The molecule has 1 aliphatic heterocycles.